The number of nitrogens with zero attached hydrogens (tertiary/aromatic N) is 3. The van der Waals surface area contributed by atoms with Gasteiger partial charge in [0.1, 0.15) is 11.7 Å². The lowest BCUT2D eigenvalue weighted by atomic mass is 9.87. The predicted molar refractivity (Wildman–Crippen MR) is 114 cm³/mol. The van der Waals surface area contributed by atoms with Gasteiger partial charge in [-0.1, -0.05) is 30.3 Å². The van der Waals surface area contributed by atoms with Gasteiger partial charge in [-0.15, -0.1) is 0 Å². The fraction of sp³-hybridized carbons (Fsp3) is 0.417. The maximum atomic E-state index is 12.8. The van der Waals surface area contributed by atoms with Crippen molar-refractivity contribution in [3.8, 4) is 0 Å². The van der Waals surface area contributed by atoms with Crippen molar-refractivity contribution in [1.29, 1.82) is 0 Å². The van der Waals surface area contributed by atoms with Crippen LogP contribution in [0.25, 0.3) is 0 Å². The zero-order valence-corrected chi connectivity index (χ0v) is 17.7. The van der Waals surface area contributed by atoms with E-state index in [1.807, 2.05) is 12.1 Å². The number of fused-ring (bicyclic) bond motifs is 1. The first-order valence-corrected chi connectivity index (χ1v) is 10.8. The van der Waals surface area contributed by atoms with Crippen molar-refractivity contribution in [3.05, 3.63) is 65.5 Å². The Morgan fingerprint density at radius 1 is 1.10 bits per heavy atom. The van der Waals surface area contributed by atoms with E-state index in [0.717, 1.165) is 19.3 Å². The van der Waals surface area contributed by atoms with Gasteiger partial charge in [0, 0.05) is 19.8 Å². The third-order valence-electron chi connectivity index (χ3n) is 6.21. The first-order valence-electron chi connectivity index (χ1n) is 10.8. The molecular formula is C24H27N3O4. The quantitative estimate of drug-likeness (QED) is 0.694. The van der Waals surface area contributed by atoms with Crippen LogP contribution in [-0.2, 0) is 20.7 Å². The second-order valence-electron chi connectivity index (χ2n) is 8.09. The van der Waals surface area contributed by atoms with Gasteiger partial charge < -0.3 is 14.5 Å². The Kier molecular flexibility index (Phi) is 6.30. The summed E-state index contributed by atoms with van der Waals surface area (Å²) in [5, 5.41) is 0. The summed E-state index contributed by atoms with van der Waals surface area (Å²) in [6, 6.07) is 12.6. The molecule has 2 aromatic rings. The highest BCUT2D eigenvalue weighted by atomic mass is 16.5. The number of hydrogen-bond donors (Lipinski definition) is 0. The molecule has 1 aromatic carbocycles. The van der Waals surface area contributed by atoms with Gasteiger partial charge in [-0.3, -0.25) is 14.6 Å². The molecule has 0 bridgehead atoms. The zero-order valence-electron chi connectivity index (χ0n) is 17.7. The smallest absolute Gasteiger partial charge is 0.329 e. The number of ether oxygens (including phenoxy) is 1. The highest BCUT2D eigenvalue weighted by molar-refractivity contribution is 5.95. The maximum Gasteiger partial charge on any atom is 0.329 e. The molecule has 0 N–H and O–H groups in total. The minimum Gasteiger partial charge on any atom is -0.454 e. The molecule has 7 heteroatoms. The average Bonchev–Trinajstić information content (AvgIpc) is 3.31. The second kappa shape index (κ2) is 9.29. The average molecular weight is 421 g/mol. The Labute approximate surface area is 182 Å². The Morgan fingerprint density at radius 3 is 2.71 bits per heavy atom. The van der Waals surface area contributed by atoms with Gasteiger partial charge >= 0.3 is 5.97 Å². The Balaban J connectivity index is 1.36. The number of carbonyl (C=O) groups is 3. The summed E-state index contributed by atoms with van der Waals surface area (Å²) in [5.74, 6) is -1.06. The van der Waals surface area contributed by atoms with Crippen LogP contribution in [0.1, 0.15) is 53.3 Å². The SMILES string of the molecule is CN(C(=O)COC(=O)[C@@H]1CCCN1C(=O)c1ccccn1)C1CCCc2ccccc21. The van der Waals surface area contributed by atoms with E-state index in [1.54, 1.807) is 36.3 Å². The maximum absolute atomic E-state index is 12.8. The third-order valence-corrected chi connectivity index (χ3v) is 6.21. The van der Waals surface area contributed by atoms with Crippen molar-refractivity contribution >= 4 is 17.8 Å². The normalized spacial score (nSPS) is 20.1. The fourth-order valence-electron chi connectivity index (χ4n) is 4.53. The molecule has 1 saturated heterocycles. The highest BCUT2D eigenvalue weighted by Gasteiger charge is 2.36. The first-order chi connectivity index (χ1) is 15.1. The van der Waals surface area contributed by atoms with Gasteiger partial charge in [-0.05, 0) is 55.4 Å². The van der Waals surface area contributed by atoms with Gasteiger partial charge in [-0.2, -0.15) is 0 Å². The monoisotopic (exact) mass is 421 g/mol. The molecule has 0 spiro atoms. The predicted octanol–water partition coefficient (Wildman–Crippen LogP) is 2.77. The van der Waals surface area contributed by atoms with Crippen molar-refractivity contribution in [1.82, 2.24) is 14.8 Å². The van der Waals surface area contributed by atoms with Gasteiger partial charge in [0.05, 0.1) is 6.04 Å². The van der Waals surface area contributed by atoms with E-state index >= 15 is 0 Å². The molecule has 1 aliphatic heterocycles. The number of esters is 1. The third kappa shape index (κ3) is 4.45. The molecular weight excluding hydrogens is 394 g/mol. The lowest BCUT2D eigenvalue weighted by Gasteiger charge is -2.33. The number of amides is 2. The number of carbonyl (C=O) groups excluding carboxylic acids is 3. The molecule has 31 heavy (non-hydrogen) atoms. The molecule has 162 valence electrons. The Hall–Kier alpha value is -3.22. The number of likely N-dealkylation sites (N-methyl/N-ethyl adjacent to an activating group) is 1. The van der Waals surface area contributed by atoms with Crippen LogP contribution in [0.2, 0.25) is 0 Å². The molecule has 0 radical (unpaired) electrons. The van der Waals surface area contributed by atoms with E-state index in [-0.39, 0.29) is 24.5 Å². The molecule has 0 saturated carbocycles. The summed E-state index contributed by atoms with van der Waals surface area (Å²) in [6.45, 7) is 0.151. The largest absolute Gasteiger partial charge is 0.454 e. The van der Waals surface area contributed by atoms with Crippen LogP contribution >= 0.6 is 0 Å². The van der Waals surface area contributed by atoms with Gasteiger partial charge in [-0.25, -0.2) is 4.79 Å². The topological polar surface area (TPSA) is 79.8 Å². The number of hydrogen-bond acceptors (Lipinski definition) is 5. The van der Waals surface area contributed by atoms with Crippen LogP contribution in [-0.4, -0.2) is 58.8 Å². The molecule has 2 heterocycles. The number of aryl methyl sites for hydroxylation is 1. The van der Waals surface area contributed by atoms with E-state index < -0.39 is 12.0 Å². The highest BCUT2D eigenvalue weighted by Crippen LogP contribution is 2.33. The van der Waals surface area contributed by atoms with Crippen molar-refractivity contribution < 1.29 is 19.1 Å². The summed E-state index contributed by atoms with van der Waals surface area (Å²) in [4.78, 5) is 45.4. The van der Waals surface area contributed by atoms with E-state index in [1.165, 1.54) is 16.0 Å². The minimum absolute atomic E-state index is 0.00939. The summed E-state index contributed by atoms with van der Waals surface area (Å²) in [7, 11) is 1.76. The zero-order chi connectivity index (χ0) is 21.8. The van der Waals surface area contributed by atoms with Crippen LogP contribution in [0.5, 0.6) is 0 Å². The van der Waals surface area contributed by atoms with Crippen LogP contribution in [0.3, 0.4) is 0 Å². The van der Waals surface area contributed by atoms with Crippen molar-refractivity contribution in [2.75, 3.05) is 20.2 Å². The van der Waals surface area contributed by atoms with Gasteiger partial charge in [0.25, 0.3) is 11.8 Å². The summed E-state index contributed by atoms with van der Waals surface area (Å²) >= 11 is 0. The summed E-state index contributed by atoms with van der Waals surface area (Å²) < 4.78 is 5.36. The Bertz CT molecular complexity index is 962. The lowest BCUT2D eigenvalue weighted by Crippen LogP contribution is -2.43. The number of likely N-dealkylation sites (tertiary alicyclic amines) is 1. The van der Waals surface area contributed by atoms with Crippen molar-refractivity contribution in [2.24, 2.45) is 0 Å². The van der Waals surface area contributed by atoms with Crippen molar-refractivity contribution in [3.63, 3.8) is 0 Å². The first kappa shape index (κ1) is 21.0. The molecule has 1 unspecified atom stereocenters. The van der Waals surface area contributed by atoms with E-state index in [9.17, 15) is 14.4 Å². The number of pyridine rings is 1. The standard InChI is InChI=1S/C24H27N3O4/c1-26(20-12-6-9-17-8-2-3-10-18(17)20)22(28)16-31-24(30)21-13-7-15-27(21)23(29)19-11-4-5-14-25-19/h2-5,8,10-11,14,20-21H,6-7,9,12-13,15-16H2,1H3/t20?,21-/m0/s1. The van der Waals surface area contributed by atoms with Crippen LogP contribution in [0.4, 0.5) is 0 Å². The fourth-order valence-corrected chi connectivity index (χ4v) is 4.53. The number of aromatic nitrogens is 1. The summed E-state index contributed by atoms with van der Waals surface area (Å²) in [6.07, 6.45) is 5.72. The minimum atomic E-state index is -0.678. The van der Waals surface area contributed by atoms with Crippen molar-refractivity contribution in [2.45, 2.75) is 44.2 Å². The van der Waals surface area contributed by atoms with Gasteiger partial charge in [0.15, 0.2) is 6.61 Å². The summed E-state index contributed by atoms with van der Waals surface area (Å²) in [5.41, 5.74) is 2.73. The van der Waals surface area contributed by atoms with Gasteiger partial charge in [0.2, 0.25) is 0 Å². The van der Waals surface area contributed by atoms with E-state index in [4.69, 9.17) is 4.74 Å². The number of rotatable bonds is 5. The number of benzene rings is 1. The molecule has 1 aliphatic carbocycles. The Morgan fingerprint density at radius 2 is 1.90 bits per heavy atom. The molecule has 2 atom stereocenters. The van der Waals surface area contributed by atoms with E-state index in [2.05, 4.69) is 17.1 Å². The molecule has 4 rings (SSSR count). The molecule has 2 amide bonds. The lowest BCUT2D eigenvalue weighted by molar-refractivity contribution is -0.155. The molecule has 7 nitrogen and oxygen atoms in total. The van der Waals surface area contributed by atoms with E-state index in [0.29, 0.717) is 25.1 Å². The molecule has 2 aliphatic rings. The second-order valence-corrected chi connectivity index (χ2v) is 8.09. The van der Waals surface area contributed by atoms with Crippen LogP contribution in [0.15, 0.2) is 48.7 Å². The van der Waals surface area contributed by atoms with Crippen LogP contribution in [0, 0.1) is 0 Å². The molecule has 1 fully saturated rings. The molecule has 1 aromatic heterocycles. The van der Waals surface area contributed by atoms with Crippen LogP contribution < -0.4 is 0 Å².